The van der Waals surface area contributed by atoms with Gasteiger partial charge in [-0.25, -0.2) is 19.9 Å². The van der Waals surface area contributed by atoms with Crippen LogP contribution < -0.4 is 0 Å². The first-order valence-electron chi connectivity index (χ1n) is 19.2. The van der Waals surface area contributed by atoms with E-state index in [0.717, 1.165) is 83.5 Å². The van der Waals surface area contributed by atoms with E-state index < -0.39 is 0 Å². The molecule has 10 rings (SSSR count). The highest BCUT2D eigenvalue weighted by atomic mass is 14.9. The van der Waals surface area contributed by atoms with Crippen LogP contribution >= 0.6 is 0 Å². The third-order valence-electron chi connectivity index (χ3n) is 10.6. The van der Waals surface area contributed by atoms with E-state index in [1.54, 1.807) is 0 Å². The monoisotopic (exact) mass is 728 g/mol. The van der Waals surface area contributed by atoms with Gasteiger partial charge in [0.1, 0.15) is 0 Å². The van der Waals surface area contributed by atoms with Crippen molar-refractivity contribution >= 4 is 21.8 Å². The van der Waals surface area contributed by atoms with Gasteiger partial charge in [-0.05, 0) is 59.0 Å². The molecule has 0 unspecified atom stereocenters. The average molecular weight is 729 g/mol. The Bertz CT molecular complexity index is 3030. The predicted molar refractivity (Wildman–Crippen MR) is 235 cm³/mol. The summed E-state index contributed by atoms with van der Waals surface area (Å²) in [5.41, 5.74) is 16.4. The molecule has 3 heterocycles. The first kappa shape index (κ1) is 34.0. The van der Waals surface area contributed by atoms with Gasteiger partial charge in [0.2, 0.25) is 0 Å². The fourth-order valence-electron chi connectivity index (χ4n) is 7.57. The topological polar surface area (TPSA) is 51.6 Å². The van der Waals surface area contributed by atoms with E-state index in [4.69, 9.17) is 19.9 Å². The molecule has 0 aliphatic rings. The fraction of sp³-hybridized carbons (Fsp3) is 0.0189. The van der Waals surface area contributed by atoms with Gasteiger partial charge in [-0.15, -0.1) is 0 Å². The maximum Gasteiger partial charge on any atom is 0.160 e. The summed E-state index contributed by atoms with van der Waals surface area (Å²) < 4.78 is 0. The highest BCUT2D eigenvalue weighted by Gasteiger charge is 2.14. The molecule has 0 spiro atoms. The molecule has 4 heteroatoms. The lowest BCUT2D eigenvalue weighted by atomic mass is 9.98. The maximum absolute atomic E-state index is 5.27. The predicted octanol–water partition coefficient (Wildman–Crippen LogP) is 13.6. The zero-order valence-corrected chi connectivity index (χ0v) is 31.3. The van der Waals surface area contributed by atoms with E-state index in [1.807, 2.05) is 42.5 Å². The quantitative estimate of drug-likeness (QED) is 0.153. The molecule has 0 atom stereocenters. The van der Waals surface area contributed by atoms with Crippen molar-refractivity contribution in [2.45, 2.75) is 6.92 Å². The van der Waals surface area contributed by atoms with E-state index in [-0.39, 0.29) is 0 Å². The summed E-state index contributed by atoms with van der Waals surface area (Å²) in [5, 5.41) is 2.19. The molecule has 57 heavy (non-hydrogen) atoms. The van der Waals surface area contributed by atoms with E-state index in [0.29, 0.717) is 5.82 Å². The number of nitrogens with zero attached hydrogens (tertiary/aromatic N) is 4. The molecule has 0 aliphatic heterocycles. The molecule has 0 saturated heterocycles. The molecule has 0 aliphatic carbocycles. The van der Waals surface area contributed by atoms with Crippen LogP contribution in [0.25, 0.3) is 100 Å². The maximum atomic E-state index is 5.27. The van der Waals surface area contributed by atoms with Crippen LogP contribution in [-0.4, -0.2) is 19.9 Å². The number of aromatic nitrogens is 4. The van der Waals surface area contributed by atoms with Gasteiger partial charge in [-0.3, -0.25) is 0 Å². The summed E-state index contributed by atoms with van der Waals surface area (Å²) >= 11 is 0. The SMILES string of the molecule is Cc1cc(-c2cccc(-c3ccc(-c4cc(-c5ccc(-c6ccccc6)cc5)nc(-c5ccccc5)n4)cc3)c2)nc2c1ccc1ccc(-c3ccccc3)nc12. The lowest BCUT2D eigenvalue weighted by Gasteiger charge is -2.12. The van der Waals surface area contributed by atoms with Gasteiger partial charge in [-0.1, -0.05) is 176 Å². The minimum Gasteiger partial charge on any atom is -0.245 e. The second kappa shape index (κ2) is 14.6. The van der Waals surface area contributed by atoms with E-state index in [9.17, 15) is 0 Å². The zero-order valence-electron chi connectivity index (χ0n) is 31.3. The van der Waals surface area contributed by atoms with Crippen LogP contribution in [0.5, 0.6) is 0 Å². The van der Waals surface area contributed by atoms with Gasteiger partial charge in [0.05, 0.1) is 33.8 Å². The summed E-state index contributed by atoms with van der Waals surface area (Å²) in [7, 11) is 0. The first-order chi connectivity index (χ1) is 28.1. The van der Waals surface area contributed by atoms with Crippen LogP contribution in [-0.2, 0) is 0 Å². The Morgan fingerprint density at radius 2 is 0.737 bits per heavy atom. The average Bonchev–Trinajstić information content (AvgIpc) is 3.29. The van der Waals surface area contributed by atoms with E-state index in [2.05, 4.69) is 165 Å². The molecular weight excluding hydrogens is 693 g/mol. The molecule has 0 N–H and O–H groups in total. The van der Waals surface area contributed by atoms with Crippen molar-refractivity contribution in [3.63, 3.8) is 0 Å². The molecule has 10 aromatic rings. The van der Waals surface area contributed by atoms with Crippen molar-refractivity contribution in [1.29, 1.82) is 0 Å². The highest BCUT2D eigenvalue weighted by molar-refractivity contribution is 6.05. The first-order valence-corrected chi connectivity index (χ1v) is 19.2. The Kier molecular flexibility index (Phi) is 8.69. The lowest BCUT2D eigenvalue weighted by Crippen LogP contribution is -1.96. The molecule has 3 aromatic heterocycles. The Balaban J connectivity index is 0.992. The molecule has 4 nitrogen and oxygen atoms in total. The van der Waals surface area contributed by atoms with Crippen molar-refractivity contribution in [3.8, 4) is 78.7 Å². The van der Waals surface area contributed by atoms with Crippen molar-refractivity contribution in [2.24, 2.45) is 0 Å². The van der Waals surface area contributed by atoms with Gasteiger partial charge in [0, 0.05) is 38.6 Å². The number of hydrogen-bond donors (Lipinski definition) is 0. The van der Waals surface area contributed by atoms with Crippen molar-refractivity contribution in [1.82, 2.24) is 19.9 Å². The molecule has 7 aromatic carbocycles. The third kappa shape index (κ3) is 6.75. The van der Waals surface area contributed by atoms with Crippen molar-refractivity contribution in [2.75, 3.05) is 0 Å². The van der Waals surface area contributed by atoms with Crippen LogP contribution in [0.3, 0.4) is 0 Å². The van der Waals surface area contributed by atoms with Gasteiger partial charge in [0.15, 0.2) is 5.82 Å². The summed E-state index contributed by atoms with van der Waals surface area (Å²) in [4.78, 5) is 20.5. The molecule has 0 bridgehead atoms. The number of fused-ring (bicyclic) bond motifs is 3. The highest BCUT2D eigenvalue weighted by Crippen LogP contribution is 2.34. The number of pyridine rings is 2. The van der Waals surface area contributed by atoms with Gasteiger partial charge in [-0.2, -0.15) is 0 Å². The number of rotatable bonds is 7. The molecule has 0 amide bonds. The second-order valence-corrected chi connectivity index (χ2v) is 14.3. The molecule has 0 saturated carbocycles. The summed E-state index contributed by atoms with van der Waals surface area (Å²) in [5.74, 6) is 0.699. The minimum absolute atomic E-state index is 0.699. The third-order valence-corrected chi connectivity index (χ3v) is 10.6. The Hall–Kier alpha value is -7.56. The van der Waals surface area contributed by atoms with Crippen LogP contribution in [0.15, 0.2) is 200 Å². The van der Waals surface area contributed by atoms with Gasteiger partial charge >= 0.3 is 0 Å². The van der Waals surface area contributed by atoms with Gasteiger partial charge in [0.25, 0.3) is 0 Å². The number of hydrogen-bond acceptors (Lipinski definition) is 4. The zero-order chi connectivity index (χ0) is 38.1. The Morgan fingerprint density at radius 3 is 1.39 bits per heavy atom. The van der Waals surface area contributed by atoms with E-state index in [1.165, 1.54) is 16.7 Å². The minimum atomic E-state index is 0.699. The smallest absolute Gasteiger partial charge is 0.160 e. The largest absolute Gasteiger partial charge is 0.245 e. The molecule has 0 fully saturated rings. The lowest BCUT2D eigenvalue weighted by molar-refractivity contribution is 1.18. The molecule has 0 radical (unpaired) electrons. The Morgan fingerprint density at radius 1 is 0.281 bits per heavy atom. The van der Waals surface area contributed by atoms with Crippen LogP contribution in [0, 0.1) is 6.92 Å². The summed E-state index contributed by atoms with van der Waals surface area (Å²) in [6, 6.07) is 69.7. The van der Waals surface area contributed by atoms with Crippen molar-refractivity contribution < 1.29 is 0 Å². The summed E-state index contributed by atoms with van der Waals surface area (Å²) in [6.45, 7) is 2.16. The molecular formula is C53H36N4. The van der Waals surface area contributed by atoms with Crippen LogP contribution in [0.1, 0.15) is 5.56 Å². The van der Waals surface area contributed by atoms with E-state index >= 15 is 0 Å². The van der Waals surface area contributed by atoms with Crippen LogP contribution in [0.4, 0.5) is 0 Å². The Labute approximate surface area is 331 Å². The second-order valence-electron chi connectivity index (χ2n) is 14.3. The standard InChI is InChI=1S/C53H36N4/c1-35-32-48(55-52-46(35)30-28-42-29-31-47(54-51(42)52)39-14-7-3-8-15-39)45-19-11-18-44(33-45)38-22-26-41(27-23-38)50-34-49(56-53(57-50)43-16-9-4-10-17-43)40-24-20-37(21-25-40)36-12-5-2-6-13-36/h2-34H,1H3. The van der Waals surface area contributed by atoms with Crippen molar-refractivity contribution in [3.05, 3.63) is 206 Å². The normalized spacial score (nSPS) is 11.2. The fourth-order valence-corrected chi connectivity index (χ4v) is 7.57. The molecule has 268 valence electrons. The number of benzene rings is 7. The summed E-state index contributed by atoms with van der Waals surface area (Å²) in [6.07, 6.45) is 0. The van der Waals surface area contributed by atoms with Crippen LogP contribution in [0.2, 0.25) is 0 Å². The van der Waals surface area contributed by atoms with Gasteiger partial charge < -0.3 is 0 Å². The number of aryl methyl sites for hydroxylation is 1.